The van der Waals surface area contributed by atoms with Crippen molar-refractivity contribution in [3.8, 4) is 0 Å². The van der Waals surface area contributed by atoms with Gasteiger partial charge in [0, 0.05) is 23.7 Å². The van der Waals surface area contributed by atoms with Crippen LogP contribution in [0.15, 0.2) is 41.0 Å². The van der Waals surface area contributed by atoms with Gasteiger partial charge in [0.05, 0.1) is 24.3 Å². The van der Waals surface area contributed by atoms with Gasteiger partial charge in [-0.15, -0.1) is 0 Å². The van der Waals surface area contributed by atoms with Crippen molar-refractivity contribution in [3.05, 3.63) is 63.6 Å². The van der Waals surface area contributed by atoms with Crippen molar-refractivity contribution >= 4 is 17.5 Å². The molecule has 0 unspecified atom stereocenters. The predicted octanol–water partition coefficient (Wildman–Crippen LogP) is 1.03. The van der Waals surface area contributed by atoms with Gasteiger partial charge in [-0.2, -0.15) is 0 Å². The van der Waals surface area contributed by atoms with Crippen LogP contribution in [0.2, 0.25) is 0 Å². The van der Waals surface area contributed by atoms with Crippen molar-refractivity contribution in [2.24, 2.45) is 5.73 Å². The summed E-state index contributed by atoms with van der Waals surface area (Å²) in [6.45, 7) is 0.492. The molecule has 0 aliphatic rings. The number of nitrogens with one attached hydrogen (secondary N) is 1. The summed E-state index contributed by atoms with van der Waals surface area (Å²) < 4.78 is 5.12. The summed E-state index contributed by atoms with van der Waals surface area (Å²) in [5.74, 6) is -0.343. The SMILES string of the molecule is CN(CC(=O)NCc1ccco1)Cc1ccc(C(N)=O)cc1[N+](=O)[O-]. The minimum atomic E-state index is -0.736. The second kappa shape index (κ2) is 8.06. The molecule has 2 amide bonds. The molecule has 25 heavy (non-hydrogen) atoms. The van der Waals surface area contributed by atoms with E-state index in [4.69, 9.17) is 10.2 Å². The first-order valence-corrected chi connectivity index (χ1v) is 7.41. The number of nitro groups is 1. The molecule has 2 rings (SSSR count). The molecule has 3 N–H and O–H groups in total. The minimum absolute atomic E-state index is 0.0510. The fourth-order valence-corrected chi connectivity index (χ4v) is 2.27. The van der Waals surface area contributed by atoms with Crippen LogP contribution < -0.4 is 11.1 Å². The highest BCUT2D eigenvalue weighted by molar-refractivity contribution is 5.93. The first kappa shape index (κ1) is 18.1. The molecule has 0 aliphatic carbocycles. The summed E-state index contributed by atoms with van der Waals surface area (Å²) >= 11 is 0. The number of hydrogen-bond donors (Lipinski definition) is 2. The van der Waals surface area contributed by atoms with Gasteiger partial charge < -0.3 is 15.5 Å². The number of benzene rings is 1. The van der Waals surface area contributed by atoms with Gasteiger partial charge in [0.2, 0.25) is 11.8 Å². The maximum atomic E-state index is 11.9. The Bertz CT molecular complexity index is 773. The summed E-state index contributed by atoms with van der Waals surface area (Å²) in [6.07, 6.45) is 1.52. The quantitative estimate of drug-likeness (QED) is 0.542. The molecule has 0 atom stereocenters. The van der Waals surface area contributed by atoms with Crippen molar-refractivity contribution in [3.63, 3.8) is 0 Å². The standard InChI is InChI=1S/C16H18N4O5/c1-19(10-15(21)18-8-13-3-2-6-25-13)9-12-5-4-11(16(17)22)7-14(12)20(23)24/h2-7H,8-10H2,1H3,(H2,17,22)(H,18,21). The molecule has 0 radical (unpaired) electrons. The molecule has 1 aromatic heterocycles. The van der Waals surface area contributed by atoms with Gasteiger partial charge in [-0.05, 0) is 25.2 Å². The van der Waals surface area contributed by atoms with E-state index in [9.17, 15) is 19.7 Å². The number of carbonyl (C=O) groups is 2. The topological polar surface area (TPSA) is 132 Å². The Kier molecular flexibility index (Phi) is 5.85. The van der Waals surface area contributed by atoms with E-state index in [1.165, 1.54) is 18.4 Å². The Labute approximate surface area is 143 Å². The molecule has 9 nitrogen and oxygen atoms in total. The lowest BCUT2D eigenvalue weighted by molar-refractivity contribution is -0.385. The van der Waals surface area contributed by atoms with Crippen molar-refractivity contribution in [2.45, 2.75) is 13.1 Å². The molecule has 0 bridgehead atoms. The Morgan fingerprint density at radius 2 is 2.12 bits per heavy atom. The van der Waals surface area contributed by atoms with Gasteiger partial charge in [0.25, 0.3) is 5.69 Å². The van der Waals surface area contributed by atoms with E-state index in [1.807, 2.05) is 0 Å². The number of hydrogen-bond acceptors (Lipinski definition) is 6. The Hall–Kier alpha value is -3.20. The highest BCUT2D eigenvalue weighted by atomic mass is 16.6. The second-order valence-corrected chi connectivity index (χ2v) is 5.49. The van der Waals surface area contributed by atoms with Crippen molar-refractivity contribution in [1.82, 2.24) is 10.2 Å². The number of primary amides is 1. The number of rotatable bonds is 8. The van der Waals surface area contributed by atoms with E-state index in [0.717, 1.165) is 6.07 Å². The van der Waals surface area contributed by atoms with Crippen LogP contribution in [0.5, 0.6) is 0 Å². The summed E-state index contributed by atoms with van der Waals surface area (Å²) in [5, 5.41) is 13.9. The molecule has 1 heterocycles. The van der Waals surface area contributed by atoms with E-state index in [-0.39, 0.29) is 36.8 Å². The van der Waals surface area contributed by atoms with Gasteiger partial charge in [0.15, 0.2) is 0 Å². The van der Waals surface area contributed by atoms with Crippen LogP contribution in [0, 0.1) is 10.1 Å². The zero-order chi connectivity index (χ0) is 18.4. The van der Waals surface area contributed by atoms with Crippen LogP contribution in [0.4, 0.5) is 5.69 Å². The molecule has 0 saturated heterocycles. The zero-order valence-electron chi connectivity index (χ0n) is 13.6. The van der Waals surface area contributed by atoms with E-state index in [1.54, 1.807) is 24.1 Å². The Balaban J connectivity index is 1.97. The third-order valence-corrected chi connectivity index (χ3v) is 3.46. The van der Waals surface area contributed by atoms with E-state index < -0.39 is 10.8 Å². The molecule has 1 aromatic carbocycles. The van der Waals surface area contributed by atoms with Gasteiger partial charge in [-0.25, -0.2) is 0 Å². The molecule has 132 valence electrons. The normalized spacial score (nSPS) is 10.6. The van der Waals surface area contributed by atoms with Crippen molar-refractivity contribution < 1.29 is 18.9 Å². The van der Waals surface area contributed by atoms with Crippen LogP contribution >= 0.6 is 0 Å². The first-order valence-electron chi connectivity index (χ1n) is 7.41. The summed E-state index contributed by atoms with van der Waals surface area (Å²) in [4.78, 5) is 35.3. The summed E-state index contributed by atoms with van der Waals surface area (Å²) in [5.41, 5.74) is 5.38. The Morgan fingerprint density at radius 1 is 1.36 bits per heavy atom. The Morgan fingerprint density at radius 3 is 2.72 bits per heavy atom. The van der Waals surface area contributed by atoms with Crippen LogP contribution in [0.1, 0.15) is 21.7 Å². The monoisotopic (exact) mass is 346 g/mol. The van der Waals surface area contributed by atoms with Crippen LogP contribution in [0.25, 0.3) is 0 Å². The molecular weight excluding hydrogens is 328 g/mol. The maximum Gasteiger partial charge on any atom is 0.274 e. The second-order valence-electron chi connectivity index (χ2n) is 5.49. The number of nitrogens with zero attached hydrogens (tertiary/aromatic N) is 2. The zero-order valence-corrected chi connectivity index (χ0v) is 13.6. The first-order chi connectivity index (χ1) is 11.9. The third-order valence-electron chi connectivity index (χ3n) is 3.46. The highest BCUT2D eigenvalue weighted by Gasteiger charge is 2.18. The minimum Gasteiger partial charge on any atom is -0.467 e. The van der Waals surface area contributed by atoms with Crippen LogP contribution in [-0.2, 0) is 17.9 Å². The van der Waals surface area contributed by atoms with Gasteiger partial charge in [-0.3, -0.25) is 24.6 Å². The van der Waals surface area contributed by atoms with Crippen LogP contribution in [0.3, 0.4) is 0 Å². The largest absolute Gasteiger partial charge is 0.467 e. The van der Waals surface area contributed by atoms with E-state index in [0.29, 0.717) is 11.3 Å². The average Bonchev–Trinajstić information content (AvgIpc) is 3.06. The average molecular weight is 346 g/mol. The van der Waals surface area contributed by atoms with Crippen LogP contribution in [-0.4, -0.2) is 35.2 Å². The molecule has 0 fully saturated rings. The third kappa shape index (κ3) is 5.15. The number of likely N-dealkylation sites (N-methyl/N-ethyl adjacent to an activating group) is 1. The van der Waals surface area contributed by atoms with Gasteiger partial charge in [0.1, 0.15) is 5.76 Å². The van der Waals surface area contributed by atoms with Crippen molar-refractivity contribution in [2.75, 3.05) is 13.6 Å². The lowest BCUT2D eigenvalue weighted by Crippen LogP contribution is -2.34. The molecule has 0 spiro atoms. The van der Waals surface area contributed by atoms with Gasteiger partial charge in [-0.1, -0.05) is 6.07 Å². The van der Waals surface area contributed by atoms with E-state index in [2.05, 4.69) is 5.32 Å². The maximum absolute atomic E-state index is 11.9. The fourth-order valence-electron chi connectivity index (χ4n) is 2.27. The summed E-state index contributed by atoms with van der Waals surface area (Å²) in [6, 6.07) is 7.50. The lowest BCUT2D eigenvalue weighted by atomic mass is 10.1. The number of carbonyl (C=O) groups excluding carboxylic acids is 2. The van der Waals surface area contributed by atoms with E-state index >= 15 is 0 Å². The smallest absolute Gasteiger partial charge is 0.274 e. The molecule has 9 heteroatoms. The highest BCUT2D eigenvalue weighted by Crippen LogP contribution is 2.21. The fraction of sp³-hybridized carbons (Fsp3) is 0.250. The number of nitro benzene ring substituents is 1. The molecule has 2 aromatic rings. The molecule has 0 saturated carbocycles. The lowest BCUT2D eigenvalue weighted by Gasteiger charge is -2.16. The molecular formula is C16H18N4O5. The predicted molar refractivity (Wildman–Crippen MR) is 88.5 cm³/mol. The summed E-state index contributed by atoms with van der Waals surface area (Å²) in [7, 11) is 1.66. The number of nitrogens with two attached hydrogens (primary N) is 1. The van der Waals surface area contributed by atoms with Gasteiger partial charge >= 0.3 is 0 Å². The number of amides is 2. The number of furan rings is 1. The van der Waals surface area contributed by atoms with Crippen molar-refractivity contribution in [1.29, 1.82) is 0 Å². The molecule has 0 aliphatic heterocycles.